The monoisotopic (exact) mass is 250 g/mol. The van der Waals surface area contributed by atoms with Gasteiger partial charge in [0.25, 0.3) is 10.1 Å². The van der Waals surface area contributed by atoms with E-state index in [1.54, 1.807) is 0 Å². The Morgan fingerprint density at radius 1 is 1.23 bits per heavy atom. The van der Waals surface area contributed by atoms with Gasteiger partial charge < -0.3 is 0 Å². The fourth-order valence-electron chi connectivity index (χ4n) is 0.675. The van der Waals surface area contributed by atoms with Gasteiger partial charge in [-0.2, -0.15) is 8.42 Å². The maximum absolute atomic E-state index is 10.6. The molecule has 1 aromatic rings. The van der Waals surface area contributed by atoms with E-state index in [0.29, 0.717) is 0 Å². The number of hydrogen-bond acceptors (Lipinski definition) is 2. The van der Waals surface area contributed by atoms with Crippen LogP contribution < -0.4 is 0 Å². The second-order valence-electron chi connectivity index (χ2n) is 2.05. The molecule has 1 rings (SSSR count). The van der Waals surface area contributed by atoms with Gasteiger partial charge in [0.2, 0.25) is 0 Å². The zero-order valence-corrected chi connectivity index (χ0v) is 7.99. The van der Waals surface area contributed by atoms with Crippen molar-refractivity contribution >= 4 is 62.9 Å². The molecule has 0 fully saturated rings. The average Bonchev–Trinajstić information content (AvgIpc) is 1.92. The van der Waals surface area contributed by atoms with Crippen molar-refractivity contribution in [3.8, 4) is 0 Å². The van der Waals surface area contributed by atoms with Gasteiger partial charge in [0, 0.05) is 5.02 Å². The van der Waals surface area contributed by atoms with Gasteiger partial charge >= 0.3 is 29.6 Å². The molecule has 3 nitrogen and oxygen atoms in total. The molecule has 0 amide bonds. The molecule has 0 aliphatic rings. The van der Waals surface area contributed by atoms with E-state index in [0.717, 1.165) is 6.07 Å². The topological polar surface area (TPSA) is 54.4 Å². The number of rotatable bonds is 1. The molecule has 0 bridgehead atoms. The van der Waals surface area contributed by atoms with Gasteiger partial charge in [-0.05, 0) is 18.2 Å². The summed E-state index contributed by atoms with van der Waals surface area (Å²) in [5, 5.41) is 0.147. The molecule has 0 saturated carbocycles. The molecule has 7 heteroatoms. The third-order valence-electron chi connectivity index (χ3n) is 1.17. The number of benzene rings is 1. The summed E-state index contributed by atoms with van der Waals surface area (Å²) < 4.78 is 29.9. The Morgan fingerprint density at radius 3 is 2.15 bits per heavy atom. The molecular formula is C6H5Cl2NaO3S. The van der Waals surface area contributed by atoms with Crippen LogP contribution in [0.25, 0.3) is 0 Å². The van der Waals surface area contributed by atoms with Crippen LogP contribution in [0.1, 0.15) is 0 Å². The standard InChI is InChI=1S/C6H4Cl2O3S.Na.H/c7-4-1-2-5(8)6(3-4)12(9,10)11;;/h1-3H,(H,9,10,11);;. The van der Waals surface area contributed by atoms with Gasteiger partial charge in [-0.3, -0.25) is 4.55 Å². The summed E-state index contributed by atoms with van der Waals surface area (Å²) in [5.74, 6) is 0. The van der Waals surface area contributed by atoms with Crippen LogP contribution in [0.4, 0.5) is 0 Å². The molecule has 0 radical (unpaired) electrons. The summed E-state index contributed by atoms with van der Waals surface area (Å²) in [6, 6.07) is 3.81. The van der Waals surface area contributed by atoms with Crippen LogP contribution in [-0.2, 0) is 10.1 Å². The fraction of sp³-hybridized carbons (Fsp3) is 0. The third kappa shape index (κ3) is 3.75. The SMILES string of the molecule is O=S(=O)(O)c1cc(Cl)ccc1Cl.[NaH]. The predicted molar refractivity (Wildman–Crippen MR) is 53.4 cm³/mol. The van der Waals surface area contributed by atoms with Crippen LogP contribution in [0, 0.1) is 0 Å². The molecule has 1 aromatic carbocycles. The quantitative estimate of drug-likeness (QED) is 0.609. The van der Waals surface area contributed by atoms with E-state index < -0.39 is 10.1 Å². The first kappa shape index (κ1) is 13.7. The first-order chi connectivity index (χ1) is 5.41. The molecule has 0 atom stereocenters. The van der Waals surface area contributed by atoms with Gasteiger partial charge in [-0.25, -0.2) is 0 Å². The molecule has 0 spiro atoms. The Bertz CT molecular complexity index is 404. The first-order valence-corrected chi connectivity index (χ1v) is 5.03. The van der Waals surface area contributed by atoms with Crippen molar-refractivity contribution in [3.63, 3.8) is 0 Å². The average molecular weight is 251 g/mol. The van der Waals surface area contributed by atoms with Crippen LogP contribution in [0.5, 0.6) is 0 Å². The van der Waals surface area contributed by atoms with Crippen molar-refractivity contribution in [2.24, 2.45) is 0 Å². The zero-order chi connectivity index (χ0) is 9.35. The van der Waals surface area contributed by atoms with Gasteiger partial charge in [0.05, 0.1) is 5.02 Å². The van der Waals surface area contributed by atoms with Gasteiger partial charge in [0.15, 0.2) is 0 Å². The van der Waals surface area contributed by atoms with Crippen LogP contribution in [0.3, 0.4) is 0 Å². The maximum atomic E-state index is 10.6. The zero-order valence-electron chi connectivity index (χ0n) is 5.66. The summed E-state index contributed by atoms with van der Waals surface area (Å²) >= 11 is 11.0. The predicted octanol–water partition coefficient (Wildman–Crippen LogP) is 1.59. The Morgan fingerprint density at radius 2 is 1.77 bits per heavy atom. The van der Waals surface area contributed by atoms with Crippen LogP contribution in [0.15, 0.2) is 23.1 Å². The third-order valence-corrected chi connectivity index (χ3v) is 2.74. The molecule has 0 aliphatic carbocycles. The van der Waals surface area contributed by atoms with E-state index in [-0.39, 0.29) is 44.5 Å². The van der Waals surface area contributed by atoms with E-state index in [2.05, 4.69) is 0 Å². The number of hydrogen-bond donors (Lipinski definition) is 1. The Hall–Kier alpha value is 0.710. The molecular weight excluding hydrogens is 246 g/mol. The Labute approximate surface area is 108 Å². The van der Waals surface area contributed by atoms with Gasteiger partial charge in [-0.15, -0.1) is 0 Å². The van der Waals surface area contributed by atoms with Gasteiger partial charge in [0.1, 0.15) is 4.90 Å². The van der Waals surface area contributed by atoms with E-state index in [1.807, 2.05) is 0 Å². The molecule has 1 N–H and O–H groups in total. The summed E-state index contributed by atoms with van der Waals surface area (Å²) in [4.78, 5) is -0.378. The summed E-state index contributed by atoms with van der Waals surface area (Å²) in [6.45, 7) is 0. The fourth-order valence-corrected chi connectivity index (χ4v) is 1.91. The normalized spacial score (nSPS) is 10.7. The molecule has 13 heavy (non-hydrogen) atoms. The Balaban J connectivity index is 0.00000144. The van der Waals surface area contributed by atoms with Crippen molar-refractivity contribution < 1.29 is 13.0 Å². The first-order valence-electron chi connectivity index (χ1n) is 2.84. The summed E-state index contributed by atoms with van der Waals surface area (Å²) in [5.41, 5.74) is 0. The van der Waals surface area contributed by atoms with E-state index in [4.69, 9.17) is 27.8 Å². The van der Waals surface area contributed by atoms with Crippen molar-refractivity contribution in [1.82, 2.24) is 0 Å². The van der Waals surface area contributed by atoms with E-state index in [9.17, 15) is 8.42 Å². The Kier molecular flexibility index (Phi) is 5.25. The van der Waals surface area contributed by atoms with Crippen molar-refractivity contribution in [3.05, 3.63) is 28.2 Å². The summed E-state index contributed by atoms with van der Waals surface area (Å²) in [6.07, 6.45) is 0. The van der Waals surface area contributed by atoms with E-state index >= 15 is 0 Å². The molecule has 0 saturated heterocycles. The minimum atomic E-state index is -4.27. The van der Waals surface area contributed by atoms with Crippen LogP contribution in [0.2, 0.25) is 10.0 Å². The summed E-state index contributed by atoms with van der Waals surface area (Å²) in [7, 11) is -4.27. The molecule has 0 heterocycles. The molecule has 0 unspecified atom stereocenters. The van der Waals surface area contributed by atoms with Crippen molar-refractivity contribution in [2.75, 3.05) is 0 Å². The molecule has 0 aromatic heterocycles. The second kappa shape index (κ2) is 4.98. The van der Waals surface area contributed by atoms with Gasteiger partial charge in [-0.1, -0.05) is 23.2 Å². The van der Waals surface area contributed by atoms with Crippen molar-refractivity contribution in [1.29, 1.82) is 0 Å². The number of halogens is 2. The molecule has 0 aliphatic heterocycles. The van der Waals surface area contributed by atoms with E-state index in [1.165, 1.54) is 12.1 Å². The molecule has 68 valence electrons. The van der Waals surface area contributed by atoms with Crippen LogP contribution >= 0.6 is 23.2 Å². The minimum absolute atomic E-state index is 0. The van der Waals surface area contributed by atoms with Crippen LogP contribution in [-0.4, -0.2) is 42.5 Å². The second-order valence-corrected chi connectivity index (χ2v) is 4.28. The van der Waals surface area contributed by atoms with Crippen molar-refractivity contribution in [2.45, 2.75) is 4.90 Å².